The second-order valence-electron chi connectivity index (χ2n) is 4.56. The first kappa shape index (κ1) is 14.7. The third-order valence-electron chi connectivity index (χ3n) is 3.00. The van der Waals surface area contributed by atoms with Crippen molar-refractivity contribution >= 4 is 29.4 Å². The summed E-state index contributed by atoms with van der Waals surface area (Å²) in [5, 5.41) is 3.10. The van der Waals surface area contributed by atoms with Gasteiger partial charge in [0.2, 0.25) is 0 Å². The van der Waals surface area contributed by atoms with Crippen LogP contribution < -0.4 is 10.2 Å². The molecular formula is C14H18N2O3S. The molecule has 0 aromatic heterocycles. The number of nitrogens with one attached hydrogen (secondary N) is 1. The molecule has 0 saturated heterocycles. The van der Waals surface area contributed by atoms with Gasteiger partial charge in [-0.25, -0.2) is 4.79 Å². The number of carbonyl (C=O) groups excluding carboxylic acids is 2. The zero-order chi connectivity index (χ0) is 14.5. The van der Waals surface area contributed by atoms with E-state index >= 15 is 0 Å². The summed E-state index contributed by atoms with van der Waals surface area (Å²) in [4.78, 5) is 26.1. The van der Waals surface area contributed by atoms with Gasteiger partial charge in [0.05, 0.1) is 19.2 Å². The van der Waals surface area contributed by atoms with Crippen LogP contribution in [0.3, 0.4) is 0 Å². The molecule has 5 nitrogen and oxygen atoms in total. The van der Waals surface area contributed by atoms with Gasteiger partial charge in [-0.15, -0.1) is 11.8 Å². The molecule has 0 spiro atoms. The molecule has 0 bridgehead atoms. The lowest BCUT2D eigenvalue weighted by atomic mass is 10.2. The molecule has 1 aromatic carbocycles. The number of fused-ring (bicyclic) bond motifs is 1. The molecule has 20 heavy (non-hydrogen) atoms. The van der Waals surface area contributed by atoms with Crippen LogP contribution in [-0.4, -0.2) is 37.4 Å². The summed E-state index contributed by atoms with van der Waals surface area (Å²) in [5.74, 6) is -0.326. The number of para-hydroxylation sites is 1. The van der Waals surface area contributed by atoms with E-state index in [4.69, 9.17) is 0 Å². The SMILES string of the molecule is COC(=O)CCNC(=O)N1CC(C)Sc2ccccc21. The summed E-state index contributed by atoms with van der Waals surface area (Å²) < 4.78 is 4.54. The Bertz CT molecular complexity index is 507. The lowest BCUT2D eigenvalue weighted by molar-refractivity contribution is -0.140. The zero-order valence-electron chi connectivity index (χ0n) is 11.6. The lowest BCUT2D eigenvalue weighted by Gasteiger charge is -2.32. The number of esters is 1. The fourth-order valence-electron chi connectivity index (χ4n) is 2.05. The van der Waals surface area contributed by atoms with E-state index in [0.717, 1.165) is 10.6 Å². The highest BCUT2D eigenvalue weighted by Crippen LogP contribution is 2.37. The maximum Gasteiger partial charge on any atom is 0.321 e. The molecule has 0 radical (unpaired) electrons. The highest BCUT2D eigenvalue weighted by Gasteiger charge is 2.26. The average molecular weight is 294 g/mol. The van der Waals surface area contributed by atoms with E-state index < -0.39 is 0 Å². The van der Waals surface area contributed by atoms with E-state index in [1.165, 1.54) is 7.11 Å². The molecule has 2 amide bonds. The van der Waals surface area contributed by atoms with Crippen LogP contribution in [-0.2, 0) is 9.53 Å². The third kappa shape index (κ3) is 3.45. The Balaban J connectivity index is 2.01. The number of urea groups is 1. The van der Waals surface area contributed by atoms with Gasteiger partial charge in [0.1, 0.15) is 0 Å². The molecule has 1 aliphatic heterocycles. The molecule has 0 aliphatic carbocycles. The number of carbonyl (C=O) groups is 2. The molecule has 1 heterocycles. The van der Waals surface area contributed by atoms with Crippen LogP contribution in [0.25, 0.3) is 0 Å². The number of hydrogen-bond acceptors (Lipinski definition) is 4. The van der Waals surface area contributed by atoms with Gasteiger partial charge in [-0.3, -0.25) is 9.69 Å². The summed E-state index contributed by atoms with van der Waals surface area (Å²) in [7, 11) is 1.34. The minimum atomic E-state index is -0.326. The van der Waals surface area contributed by atoms with Crippen molar-refractivity contribution in [3.63, 3.8) is 0 Å². The Morgan fingerprint density at radius 3 is 2.95 bits per heavy atom. The van der Waals surface area contributed by atoms with E-state index in [2.05, 4.69) is 17.0 Å². The topological polar surface area (TPSA) is 58.6 Å². The second-order valence-corrected chi connectivity index (χ2v) is 6.05. The van der Waals surface area contributed by atoms with Crippen LogP contribution in [0.2, 0.25) is 0 Å². The van der Waals surface area contributed by atoms with Crippen molar-refractivity contribution in [1.82, 2.24) is 5.32 Å². The Hall–Kier alpha value is -1.69. The molecule has 0 fully saturated rings. The first-order chi connectivity index (χ1) is 9.61. The average Bonchev–Trinajstić information content (AvgIpc) is 2.45. The second kappa shape index (κ2) is 6.65. The Morgan fingerprint density at radius 1 is 1.45 bits per heavy atom. The summed E-state index contributed by atoms with van der Waals surface area (Å²) in [6.07, 6.45) is 0.183. The number of hydrogen-bond donors (Lipinski definition) is 1. The van der Waals surface area contributed by atoms with E-state index in [0.29, 0.717) is 11.8 Å². The Morgan fingerprint density at radius 2 is 2.20 bits per heavy atom. The quantitative estimate of drug-likeness (QED) is 0.869. The van der Waals surface area contributed by atoms with Gasteiger partial charge in [0, 0.05) is 23.2 Å². The van der Waals surface area contributed by atoms with Gasteiger partial charge in [0.25, 0.3) is 0 Å². The summed E-state index contributed by atoms with van der Waals surface area (Å²) in [6, 6.07) is 7.67. The number of nitrogens with zero attached hydrogens (tertiary/aromatic N) is 1. The standard InChI is InChI=1S/C14H18N2O3S/c1-10-9-16(11-5-3-4-6-12(11)20-10)14(18)15-8-7-13(17)19-2/h3-6,10H,7-9H2,1-2H3,(H,15,18). The number of rotatable bonds is 3. The molecule has 1 unspecified atom stereocenters. The molecule has 1 aliphatic rings. The van der Waals surface area contributed by atoms with Gasteiger partial charge in [0.15, 0.2) is 0 Å². The number of anilines is 1. The van der Waals surface area contributed by atoms with E-state index in [1.54, 1.807) is 16.7 Å². The van der Waals surface area contributed by atoms with Crippen molar-refractivity contribution in [3.8, 4) is 0 Å². The smallest absolute Gasteiger partial charge is 0.321 e. The Labute approximate surface area is 122 Å². The first-order valence-corrected chi connectivity index (χ1v) is 7.37. The summed E-state index contributed by atoms with van der Waals surface area (Å²) in [6.45, 7) is 3.03. The van der Waals surface area contributed by atoms with Crippen molar-refractivity contribution in [1.29, 1.82) is 0 Å². The first-order valence-electron chi connectivity index (χ1n) is 6.49. The third-order valence-corrected chi connectivity index (χ3v) is 4.15. The van der Waals surface area contributed by atoms with E-state index in [-0.39, 0.29) is 25.0 Å². The number of methoxy groups -OCH3 is 1. The molecule has 1 N–H and O–H groups in total. The van der Waals surface area contributed by atoms with Crippen molar-refractivity contribution < 1.29 is 14.3 Å². The minimum Gasteiger partial charge on any atom is -0.469 e. The van der Waals surface area contributed by atoms with Gasteiger partial charge in [-0.05, 0) is 12.1 Å². The number of amides is 2. The maximum absolute atomic E-state index is 12.2. The monoisotopic (exact) mass is 294 g/mol. The highest BCUT2D eigenvalue weighted by atomic mass is 32.2. The van der Waals surface area contributed by atoms with Crippen molar-refractivity contribution in [2.45, 2.75) is 23.5 Å². The molecular weight excluding hydrogens is 276 g/mol. The number of thioether (sulfide) groups is 1. The molecule has 2 rings (SSSR count). The van der Waals surface area contributed by atoms with Gasteiger partial charge < -0.3 is 10.1 Å². The summed E-state index contributed by atoms with van der Waals surface area (Å²) in [5.41, 5.74) is 0.922. The van der Waals surface area contributed by atoms with Crippen molar-refractivity contribution in [2.75, 3.05) is 25.1 Å². The largest absolute Gasteiger partial charge is 0.469 e. The molecule has 1 aromatic rings. The van der Waals surface area contributed by atoms with Crippen molar-refractivity contribution in [3.05, 3.63) is 24.3 Å². The lowest BCUT2D eigenvalue weighted by Crippen LogP contribution is -2.45. The predicted octanol–water partition coefficient (Wildman–Crippen LogP) is 2.26. The Kier molecular flexibility index (Phi) is 4.89. The van der Waals surface area contributed by atoms with E-state index in [1.807, 2.05) is 24.3 Å². The van der Waals surface area contributed by atoms with Crippen LogP contribution >= 0.6 is 11.8 Å². The van der Waals surface area contributed by atoms with E-state index in [9.17, 15) is 9.59 Å². The van der Waals surface area contributed by atoms with Crippen LogP contribution in [0.4, 0.5) is 10.5 Å². The fourth-order valence-corrected chi connectivity index (χ4v) is 3.16. The van der Waals surface area contributed by atoms with Gasteiger partial charge in [-0.2, -0.15) is 0 Å². The maximum atomic E-state index is 12.2. The van der Waals surface area contributed by atoms with Crippen LogP contribution in [0.15, 0.2) is 29.2 Å². The minimum absolute atomic E-state index is 0.173. The number of benzene rings is 1. The normalized spacial score (nSPS) is 17.3. The van der Waals surface area contributed by atoms with Crippen LogP contribution in [0.5, 0.6) is 0 Å². The molecule has 108 valence electrons. The van der Waals surface area contributed by atoms with Crippen LogP contribution in [0, 0.1) is 0 Å². The van der Waals surface area contributed by atoms with Gasteiger partial charge in [-0.1, -0.05) is 19.1 Å². The fraction of sp³-hybridized carbons (Fsp3) is 0.429. The van der Waals surface area contributed by atoms with Gasteiger partial charge >= 0.3 is 12.0 Å². The molecule has 6 heteroatoms. The van der Waals surface area contributed by atoms with Crippen molar-refractivity contribution in [2.24, 2.45) is 0 Å². The zero-order valence-corrected chi connectivity index (χ0v) is 12.4. The predicted molar refractivity (Wildman–Crippen MR) is 79.1 cm³/mol. The number of ether oxygens (including phenoxy) is 1. The van der Waals surface area contributed by atoms with Crippen LogP contribution in [0.1, 0.15) is 13.3 Å². The molecule has 0 saturated carbocycles. The highest BCUT2D eigenvalue weighted by molar-refractivity contribution is 8.00. The summed E-state index contributed by atoms with van der Waals surface area (Å²) >= 11 is 1.77. The molecule has 1 atom stereocenters.